The molecular weight excluding hydrogens is 375 g/mol. The minimum absolute atomic E-state index is 0.0496. The van der Waals surface area contributed by atoms with E-state index < -0.39 is 12.0 Å². The lowest BCUT2D eigenvalue weighted by Gasteiger charge is -2.39. The molecule has 0 saturated carbocycles. The zero-order valence-electron chi connectivity index (χ0n) is 15.2. The van der Waals surface area contributed by atoms with Crippen LogP contribution in [-0.2, 0) is 10.9 Å². The number of alkyl halides is 3. The number of hydrogen-bond acceptors (Lipinski definition) is 5. The van der Waals surface area contributed by atoms with Crippen molar-refractivity contribution in [2.45, 2.75) is 6.18 Å². The average Bonchev–Trinajstić information content (AvgIpc) is 2.72. The number of carbonyl (C=O) groups excluding carboxylic acids is 1. The molecule has 10 heteroatoms. The molecule has 7 nitrogen and oxygen atoms in total. The van der Waals surface area contributed by atoms with E-state index in [0.717, 1.165) is 0 Å². The zero-order valence-corrected chi connectivity index (χ0v) is 15.2. The Kier molecular flexibility index (Phi) is 4.96. The highest BCUT2D eigenvalue weighted by molar-refractivity contribution is 5.89. The predicted octanol–water partition coefficient (Wildman–Crippen LogP) is 2.22. The normalized spacial score (nSPS) is 18.6. The van der Waals surface area contributed by atoms with Gasteiger partial charge in [-0.05, 0) is 12.1 Å². The van der Waals surface area contributed by atoms with Gasteiger partial charge >= 0.3 is 12.2 Å². The fraction of sp³-hybridized carbons (Fsp3) is 0.500. The highest BCUT2D eigenvalue weighted by Crippen LogP contribution is 2.32. The highest BCUT2D eigenvalue weighted by Gasteiger charge is 2.36. The number of hydrogen-bond donors (Lipinski definition) is 0. The maximum absolute atomic E-state index is 13.2. The van der Waals surface area contributed by atoms with Crippen LogP contribution in [0.4, 0.5) is 23.8 Å². The lowest BCUT2D eigenvalue weighted by Crippen LogP contribution is -2.55. The molecule has 0 aliphatic carbocycles. The maximum Gasteiger partial charge on any atom is 0.451 e. The van der Waals surface area contributed by atoms with E-state index in [1.807, 2.05) is 0 Å². The van der Waals surface area contributed by atoms with Crippen molar-refractivity contribution in [2.75, 3.05) is 57.4 Å². The summed E-state index contributed by atoms with van der Waals surface area (Å²) in [7, 11) is 0. The van der Waals surface area contributed by atoms with Crippen LogP contribution in [0, 0.1) is 0 Å². The number of anilines is 1. The van der Waals surface area contributed by atoms with Crippen LogP contribution in [-0.4, -0.2) is 78.3 Å². The molecule has 3 heterocycles. The van der Waals surface area contributed by atoms with E-state index in [9.17, 15) is 18.0 Å². The average molecular weight is 395 g/mol. The molecule has 0 radical (unpaired) electrons. The van der Waals surface area contributed by atoms with Crippen LogP contribution in [0.1, 0.15) is 5.82 Å². The number of rotatable bonds is 1. The van der Waals surface area contributed by atoms with Crippen LogP contribution in [0.15, 0.2) is 24.3 Å². The molecule has 1 aromatic heterocycles. The zero-order chi connectivity index (χ0) is 19.7. The summed E-state index contributed by atoms with van der Waals surface area (Å²) in [6.45, 7) is 3.85. The van der Waals surface area contributed by atoms with Crippen molar-refractivity contribution in [3.05, 3.63) is 30.1 Å². The Morgan fingerprint density at radius 2 is 1.57 bits per heavy atom. The van der Waals surface area contributed by atoms with Crippen LogP contribution in [0.3, 0.4) is 0 Å². The predicted molar refractivity (Wildman–Crippen MR) is 96.1 cm³/mol. The Morgan fingerprint density at radius 1 is 0.929 bits per heavy atom. The minimum atomic E-state index is -4.62. The quantitative estimate of drug-likeness (QED) is 0.741. The number of benzene rings is 1. The van der Waals surface area contributed by atoms with E-state index in [-0.39, 0.29) is 17.4 Å². The second-order valence-corrected chi connectivity index (χ2v) is 6.74. The Bertz CT molecular complexity index is 862. The molecule has 2 fully saturated rings. The van der Waals surface area contributed by atoms with Crippen LogP contribution in [0.2, 0.25) is 0 Å². The fourth-order valence-electron chi connectivity index (χ4n) is 3.49. The van der Waals surface area contributed by atoms with Gasteiger partial charge in [0.2, 0.25) is 5.82 Å². The van der Waals surface area contributed by atoms with Gasteiger partial charge in [0.15, 0.2) is 0 Å². The highest BCUT2D eigenvalue weighted by atomic mass is 19.4. The van der Waals surface area contributed by atoms with Gasteiger partial charge in [0, 0.05) is 44.7 Å². The number of urea groups is 1. The number of piperazine rings is 1. The van der Waals surface area contributed by atoms with Gasteiger partial charge in [-0.25, -0.2) is 14.8 Å². The van der Waals surface area contributed by atoms with E-state index in [1.165, 1.54) is 0 Å². The van der Waals surface area contributed by atoms with Crippen molar-refractivity contribution in [1.29, 1.82) is 0 Å². The summed E-state index contributed by atoms with van der Waals surface area (Å²) in [5, 5.41) is 0.573. The number of para-hydroxylation sites is 1. The number of fused-ring (bicyclic) bond motifs is 1. The molecule has 2 aliphatic heterocycles. The molecule has 0 bridgehead atoms. The lowest BCUT2D eigenvalue weighted by molar-refractivity contribution is -0.144. The second-order valence-electron chi connectivity index (χ2n) is 6.74. The van der Waals surface area contributed by atoms with Gasteiger partial charge in [-0.3, -0.25) is 0 Å². The monoisotopic (exact) mass is 395 g/mol. The third-order valence-electron chi connectivity index (χ3n) is 4.97. The van der Waals surface area contributed by atoms with Gasteiger partial charge in [-0.2, -0.15) is 13.2 Å². The Morgan fingerprint density at radius 3 is 2.25 bits per heavy atom. The fourth-order valence-corrected chi connectivity index (χ4v) is 3.49. The molecule has 150 valence electrons. The molecule has 2 aliphatic rings. The van der Waals surface area contributed by atoms with Crippen molar-refractivity contribution in [2.24, 2.45) is 0 Å². The van der Waals surface area contributed by atoms with Crippen molar-refractivity contribution < 1.29 is 22.7 Å². The number of halogens is 3. The summed E-state index contributed by atoms with van der Waals surface area (Å²) >= 11 is 0. The Hall–Kier alpha value is -2.62. The van der Waals surface area contributed by atoms with Crippen molar-refractivity contribution in [3.63, 3.8) is 0 Å². The molecule has 0 spiro atoms. The van der Waals surface area contributed by atoms with Gasteiger partial charge in [-0.15, -0.1) is 0 Å². The van der Waals surface area contributed by atoms with Gasteiger partial charge in [0.1, 0.15) is 5.82 Å². The third-order valence-corrected chi connectivity index (χ3v) is 4.97. The summed E-state index contributed by atoms with van der Waals surface area (Å²) in [5.41, 5.74) is 0.256. The topological polar surface area (TPSA) is 61.8 Å². The first-order valence-corrected chi connectivity index (χ1v) is 9.14. The largest absolute Gasteiger partial charge is 0.451 e. The molecule has 2 aromatic rings. The number of aromatic nitrogens is 2. The standard InChI is InChI=1S/C18H20F3N5O2/c19-18(20,21)16-22-14-4-2-1-3-13(14)15(23-16)24-5-7-25(8-6-24)17(27)26-9-11-28-12-10-26/h1-4H,5-12H2. The van der Waals surface area contributed by atoms with Gasteiger partial charge < -0.3 is 19.4 Å². The van der Waals surface area contributed by atoms with Gasteiger partial charge in [0.05, 0.1) is 18.7 Å². The molecule has 4 rings (SSSR count). The van der Waals surface area contributed by atoms with Crippen molar-refractivity contribution in [1.82, 2.24) is 19.8 Å². The number of ether oxygens (including phenoxy) is 1. The SMILES string of the molecule is O=C(N1CCOCC1)N1CCN(c2nc(C(F)(F)F)nc3ccccc23)CC1. The number of amides is 2. The summed E-state index contributed by atoms with van der Waals surface area (Å²) < 4.78 is 44.9. The summed E-state index contributed by atoms with van der Waals surface area (Å²) in [5.74, 6) is -0.885. The van der Waals surface area contributed by atoms with Crippen LogP contribution < -0.4 is 4.90 Å². The molecule has 2 amide bonds. The van der Waals surface area contributed by atoms with E-state index in [0.29, 0.717) is 57.9 Å². The first-order valence-electron chi connectivity index (χ1n) is 9.14. The minimum Gasteiger partial charge on any atom is -0.378 e. The van der Waals surface area contributed by atoms with Crippen molar-refractivity contribution in [3.8, 4) is 0 Å². The molecule has 1 aromatic carbocycles. The molecule has 0 N–H and O–H groups in total. The first kappa shape index (κ1) is 18.7. The van der Waals surface area contributed by atoms with Crippen LogP contribution >= 0.6 is 0 Å². The summed E-state index contributed by atoms with van der Waals surface area (Å²) in [6.07, 6.45) is -4.62. The molecule has 0 atom stereocenters. The third kappa shape index (κ3) is 3.68. The summed E-state index contributed by atoms with van der Waals surface area (Å²) in [6, 6.07) is 6.62. The first-order chi connectivity index (χ1) is 13.4. The molecule has 28 heavy (non-hydrogen) atoms. The van der Waals surface area contributed by atoms with Crippen LogP contribution in [0.5, 0.6) is 0 Å². The van der Waals surface area contributed by atoms with E-state index in [2.05, 4.69) is 9.97 Å². The number of morpholine rings is 1. The van der Waals surface area contributed by atoms with E-state index in [1.54, 1.807) is 39.0 Å². The molecular formula is C18H20F3N5O2. The second kappa shape index (κ2) is 7.42. The number of carbonyl (C=O) groups is 1. The van der Waals surface area contributed by atoms with E-state index in [4.69, 9.17) is 4.74 Å². The van der Waals surface area contributed by atoms with Crippen LogP contribution in [0.25, 0.3) is 10.9 Å². The Labute approximate surface area is 159 Å². The summed E-state index contributed by atoms with van der Waals surface area (Å²) in [4.78, 5) is 25.4. The number of nitrogens with zero attached hydrogens (tertiary/aromatic N) is 5. The van der Waals surface area contributed by atoms with Crippen molar-refractivity contribution >= 4 is 22.8 Å². The molecule has 2 saturated heterocycles. The maximum atomic E-state index is 13.2. The van der Waals surface area contributed by atoms with E-state index >= 15 is 0 Å². The Balaban J connectivity index is 1.54. The smallest absolute Gasteiger partial charge is 0.378 e. The van der Waals surface area contributed by atoms with Gasteiger partial charge in [-0.1, -0.05) is 12.1 Å². The lowest BCUT2D eigenvalue weighted by atomic mass is 10.2. The molecule has 0 unspecified atom stereocenters. The van der Waals surface area contributed by atoms with Gasteiger partial charge in [0.25, 0.3) is 0 Å².